The van der Waals surface area contributed by atoms with Gasteiger partial charge < -0.3 is 5.32 Å². The van der Waals surface area contributed by atoms with Crippen molar-refractivity contribution in [3.8, 4) is 11.3 Å². The van der Waals surface area contributed by atoms with Crippen LogP contribution in [0.3, 0.4) is 0 Å². The van der Waals surface area contributed by atoms with Gasteiger partial charge in [0.2, 0.25) is 0 Å². The first-order valence-corrected chi connectivity index (χ1v) is 6.65. The lowest BCUT2D eigenvalue weighted by Crippen LogP contribution is -2.21. The number of halogens is 3. The Morgan fingerprint density at radius 3 is 2.68 bits per heavy atom. The van der Waals surface area contributed by atoms with Crippen LogP contribution in [0.4, 0.5) is 4.39 Å². The van der Waals surface area contributed by atoms with Crippen LogP contribution in [0.25, 0.3) is 11.3 Å². The van der Waals surface area contributed by atoms with Gasteiger partial charge in [0.15, 0.2) is 0 Å². The average molecular weight is 302 g/mol. The molecule has 0 radical (unpaired) electrons. The Bertz CT molecular complexity index is 581. The lowest BCUT2D eigenvalue weighted by Gasteiger charge is -2.05. The summed E-state index contributed by atoms with van der Waals surface area (Å²) in [6.07, 6.45) is 0. The first-order valence-electron chi connectivity index (χ1n) is 5.90. The van der Waals surface area contributed by atoms with E-state index in [1.165, 1.54) is 12.1 Å². The summed E-state index contributed by atoms with van der Waals surface area (Å²) in [6, 6.07) is 4.89. The highest BCUT2D eigenvalue weighted by atomic mass is 35.5. The summed E-state index contributed by atoms with van der Waals surface area (Å²) in [5, 5.41) is 10.7. The predicted molar refractivity (Wildman–Crippen MR) is 76.0 cm³/mol. The number of aromatic nitrogens is 2. The van der Waals surface area contributed by atoms with Gasteiger partial charge in [0.05, 0.1) is 15.7 Å². The Labute approximate surface area is 121 Å². The second-order valence-corrected chi connectivity index (χ2v) is 5.37. The molecule has 0 saturated carbocycles. The zero-order chi connectivity index (χ0) is 14.0. The van der Waals surface area contributed by atoms with Crippen LogP contribution < -0.4 is 5.32 Å². The minimum atomic E-state index is -0.508. The fraction of sp³-hybridized carbons (Fsp3) is 0.308. The Hall–Kier alpha value is -1.10. The summed E-state index contributed by atoms with van der Waals surface area (Å²) in [7, 11) is 0. The predicted octanol–water partition coefficient (Wildman–Crippen LogP) is 4.02. The number of H-pyrrole nitrogens is 1. The van der Waals surface area contributed by atoms with Crippen molar-refractivity contribution in [3.63, 3.8) is 0 Å². The number of nitrogens with zero attached hydrogens (tertiary/aromatic N) is 1. The van der Waals surface area contributed by atoms with Crippen molar-refractivity contribution in [2.24, 2.45) is 0 Å². The highest BCUT2D eigenvalue weighted by molar-refractivity contribution is 6.36. The van der Waals surface area contributed by atoms with E-state index in [0.29, 0.717) is 28.9 Å². The lowest BCUT2D eigenvalue weighted by molar-refractivity contribution is 0.580. The molecule has 1 heterocycles. The van der Waals surface area contributed by atoms with E-state index in [2.05, 4.69) is 29.4 Å². The summed E-state index contributed by atoms with van der Waals surface area (Å²) in [4.78, 5) is 0. The van der Waals surface area contributed by atoms with Crippen LogP contribution in [0.15, 0.2) is 18.2 Å². The smallest absolute Gasteiger partial charge is 0.142 e. The van der Waals surface area contributed by atoms with Crippen molar-refractivity contribution in [2.75, 3.05) is 0 Å². The number of benzene rings is 1. The highest BCUT2D eigenvalue weighted by Crippen LogP contribution is 2.31. The fourth-order valence-electron chi connectivity index (χ4n) is 1.62. The van der Waals surface area contributed by atoms with Gasteiger partial charge >= 0.3 is 0 Å². The van der Waals surface area contributed by atoms with Crippen molar-refractivity contribution in [2.45, 2.75) is 26.4 Å². The molecule has 0 aliphatic carbocycles. The molecular weight excluding hydrogens is 288 g/mol. The van der Waals surface area contributed by atoms with Gasteiger partial charge in [-0.25, -0.2) is 4.39 Å². The minimum absolute atomic E-state index is 0.00554. The van der Waals surface area contributed by atoms with Crippen LogP contribution in [0, 0.1) is 5.82 Å². The van der Waals surface area contributed by atoms with E-state index in [-0.39, 0.29) is 5.02 Å². The molecule has 0 atom stereocenters. The van der Waals surface area contributed by atoms with Crippen molar-refractivity contribution in [1.29, 1.82) is 0 Å². The fourth-order valence-corrected chi connectivity index (χ4v) is 2.10. The number of hydrogen-bond acceptors (Lipinski definition) is 2. The number of rotatable bonds is 4. The third-order valence-corrected chi connectivity index (χ3v) is 3.22. The number of hydrogen-bond donors (Lipinski definition) is 2. The molecule has 1 aromatic carbocycles. The lowest BCUT2D eigenvalue weighted by atomic mass is 10.1. The summed E-state index contributed by atoms with van der Waals surface area (Å²) in [5.41, 5.74) is 2.03. The maximum Gasteiger partial charge on any atom is 0.142 e. The topological polar surface area (TPSA) is 40.7 Å². The number of nitrogens with one attached hydrogen (secondary N) is 2. The first kappa shape index (κ1) is 14.3. The summed E-state index contributed by atoms with van der Waals surface area (Å²) < 4.78 is 13.5. The van der Waals surface area contributed by atoms with Crippen LogP contribution >= 0.6 is 23.2 Å². The second-order valence-electron chi connectivity index (χ2n) is 4.56. The van der Waals surface area contributed by atoms with Gasteiger partial charge in [0.1, 0.15) is 5.82 Å². The van der Waals surface area contributed by atoms with Crippen molar-refractivity contribution >= 4 is 23.2 Å². The van der Waals surface area contributed by atoms with E-state index in [0.717, 1.165) is 5.69 Å². The average Bonchev–Trinajstić information content (AvgIpc) is 2.80. The van der Waals surface area contributed by atoms with Gasteiger partial charge in [-0.3, -0.25) is 5.10 Å². The zero-order valence-corrected chi connectivity index (χ0v) is 12.1. The normalized spacial score (nSPS) is 11.3. The quantitative estimate of drug-likeness (QED) is 0.837. The molecule has 1 aromatic heterocycles. The maximum atomic E-state index is 13.5. The molecule has 19 heavy (non-hydrogen) atoms. The largest absolute Gasteiger partial charge is 0.309 e. The van der Waals surface area contributed by atoms with Crippen LogP contribution in [0.5, 0.6) is 0 Å². The van der Waals surface area contributed by atoms with Crippen molar-refractivity contribution in [1.82, 2.24) is 15.5 Å². The Balaban J connectivity index is 2.25. The first-order chi connectivity index (χ1) is 8.97. The minimum Gasteiger partial charge on any atom is -0.309 e. The molecule has 102 valence electrons. The molecule has 0 spiro atoms. The monoisotopic (exact) mass is 301 g/mol. The van der Waals surface area contributed by atoms with Crippen molar-refractivity contribution in [3.05, 3.63) is 39.8 Å². The molecule has 0 saturated heterocycles. The van der Waals surface area contributed by atoms with Gasteiger partial charge in [-0.15, -0.1) is 0 Å². The second kappa shape index (κ2) is 5.90. The molecule has 2 aromatic rings. The summed E-state index contributed by atoms with van der Waals surface area (Å²) in [5.74, 6) is -0.508. The Morgan fingerprint density at radius 2 is 2.00 bits per heavy atom. The molecule has 2 N–H and O–H groups in total. The molecule has 0 amide bonds. The van der Waals surface area contributed by atoms with Gasteiger partial charge in [-0.1, -0.05) is 37.0 Å². The van der Waals surface area contributed by atoms with E-state index < -0.39 is 5.82 Å². The molecule has 0 aliphatic heterocycles. The summed E-state index contributed by atoms with van der Waals surface area (Å²) >= 11 is 11.7. The van der Waals surface area contributed by atoms with Crippen LogP contribution in [0.1, 0.15) is 19.5 Å². The van der Waals surface area contributed by atoms with Crippen LogP contribution in [0.2, 0.25) is 10.0 Å². The Morgan fingerprint density at radius 1 is 1.26 bits per heavy atom. The van der Waals surface area contributed by atoms with Crippen molar-refractivity contribution < 1.29 is 4.39 Å². The third kappa shape index (κ3) is 3.47. The zero-order valence-electron chi connectivity index (χ0n) is 10.6. The Kier molecular flexibility index (Phi) is 4.45. The molecule has 0 unspecified atom stereocenters. The van der Waals surface area contributed by atoms with Crippen LogP contribution in [-0.2, 0) is 6.54 Å². The van der Waals surface area contributed by atoms with E-state index in [9.17, 15) is 4.39 Å². The van der Waals surface area contributed by atoms with E-state index in [4.69, 9.17) is 23.2 Å². The van der Waals surface area contributed by atoms with Gasteiger partial charge in [-0.2, -0.15) is 5.10 Å². The van der Waals surface area contributed by atoms with Gasteiger partial charge in [0, 0.05) is 23.8 Å². The van der Waals surface area contributed by atoms with Gasteiger partial charge in [-0.05, 0) is 18.2 Å². The molecule has 6 heteroatoms. The molecular formula is C13H14Cl2FN3. The SMILES string of the molecule is CC(C)NCc1cc(-c2cc(F)c(Cl)cc2Cl)n[nH]1. The standard InChI is InChI=1S/C13H14Cl2FN3/c1-7(2)17-6-8-3-13(19-18-8)9-4-12(16)11(15)5-10(9)14/h3-5,7,17H,6H2,1-2H3,(H,18,19). The third-order valence-electron chi connectivity index (χ3n) is 2.62. The van der Waals surface area contributed by atoms with E-state index >= 15 is 0 Å². The molecule has 0 bridgehead atoms. The van der Waals surface area contributed by atoms with Gasteiger partial charge in [0.25, 0.3) is 0 Å². The summed E-state index contributed by atoms with van der Waals surface area (Å²) in [6.45, 7) is 4.78. The van der Waals surface area contributed by atoms with E-state index in [1.54, 1.807) is 0 Å². The number of aromatic amines is 1. The molecule has 3 nitrogen and oxygen atoms in total. The molecule has 2 rings (SSSR count). The van der Waals surface area contributed by atoms with Crippen LogP contribution in [-0.4, -0.2) is 16.2 Å². The molecule has 0 fully saturated rings. The maximum absolute atomic E-state index is 13.5. The molecule has 0 aliphatic rings. The highest BCUT2D eigenvalue weighted by Gasteiger charge is 2.12. The van der Waals surface area contributed by atoms with E-state index in [1.807, 2.05) is 6.07 Å².